The fourth-order valence-electron chi connectivity index (χ4n) is 2.04. The molecular formula is C19H22ClN3O2. The predicted octanol–water partition coefficient (Wildman–Crippen LogP) is 4.37. The van der Waals surface area contributed by atoms with E-state index in [-0.39, 0.29) is 17.7 Å². The zero-order valence-corrected chi connectivity index (χ0v) is 15.2. The molecule has 0 fully saturated rings. The number of nitrogens with one attached hydrogen (secondary N) is 3. The highest BCUT2D eigenvalue weighted by atomic mass is 35.5. The van der Waals surface area contributed by atoms with Crippen LogP contribution in [0.5, 0.6) is 0 Å². The number of carbonyl (C=O) groups excluding carboxylic acids is 2. The lowest BCUT2D eigenvalue weighted by Crippen LogP contribution is -2.31. The largest absolute Gasteiger partial charge is 0.374 e. The van der Waals surface area contributed by atoms with Gasteiger partial charge in [0.15, 0.2) is 0 Å². The first-order valence-corrected chi connectivity index (χ1v) is 8.47. The second-order valence-electron chi connectivity index (χ2n) is 6.08. The highest BCUT2D eigenvalue weighted by Crippen LogP contribution is 2.17. The van der Waals surface area contributed by atoms with Gasteiger partial charge < -0.3 is 16.0 Å². The summed E-state index contributed by atoms with van der Waals surface area (Å²) in [4.78, 5) is 23.9. The maximum Gasteiger partial charge on any atom is 0.246 e. The van der Waals surface area contributed by atoms with E-state index in [2.05, 4.69) is 16.0 Å². The number of amides is 2. The van der Waals surface area contributed by atoms with Crippen LogP contribution < -0.4 is 16.0 Å². The number of carbonyl (C=O) groups is 2. The van der Waals surface area contributed by atoms with Crippen LogP contribution in [0.3, 0.4) is 0 Å². The third-order valence-corrected chi connectivity index (χ3v) is 3.82. The third kappa shape index (κ3) is 5.80. The average molecular weight is 360 g/mol. The van der Waals surface area contributed by atoms with E-state index in [9.17, 15) is 9.59 Å². The molecule has 2 aromatic carbocycles. The molecule has 0 saturated heterocycles. The van der Waals surface area contributed by atoms with Crippen molar-refractivity contribution < 1.29 is 9.59 Å². The second-order valence-corrected chi connectivity index (χ2v) is 6.52. The van der Waals surface area contributed by atoms with Crippen LogP contribution in [0, 0.1) is 5.92 Å². The van der Waals surface area contributed by atoms with Crippen molar-refractivity contribution in [1.29, 1.82) is 0 Å². The second kappa shape index (κ2) is 8.53. The summed E-state index contributed by atoms with van der Waals surface area (Å²) in [5.41, 5.74) is 2.21. The molecule has 1 atom stereocenters. The number of halogens is 1. The maximum absolute atomic E-state index is 12.2. The minimum absolute atomic E-state index is 0.0311. The lowest BCUT2D eigenvalue weighted by molar-refractivity contribution is -0.119. The van der Waals surface area contributed by atoms with Gasteiger partial charge in [-0.2, -0.15) is 0 Å². The lowest BCUT2D eigenvalue weighted by Gasteiger charge is -2.16. The van der Waals surface area contributed by atoms with E-state index < -0.39 is 6.04 Å². The Morgan fingerprint density at radius 1 is 0.760 bits per heavy atom. The van der Waals surface area contributed by atoms with Crippen molar-refractivity contribution in [3.05, 3.63) is 53.6 Å². The molecule has 2 amide bonds. The van der Waals surface area contributed by atoms with Crippen molar-refractivity contribution in [1.82, 2.24) is 0 Å². The normalized spacial score (nSPS) is 11.7. The number of hydrogen-bond acceptors (Lipinski definition) is 3. The van der Waals surface area contributed by atoms with Gasteiger partial charge in [0.1, 0.15) is 6.04 Å². The molecule has 5 nitrogen and oxygen atoms in total. The Kier molecular flexibility index (Phi) is 6.42. The molecule has 25 heavy (non-hydrogen) atoms. The van der Waals surface area contributed by atoms with Gasteiger partial charge >= 0.3 is 0 Å². The molecule has 0 radical (unpaired) electrons. The zero-order chi connectivity index (χ0) is 18.4. The summed E-state index contributed by atoms with van der Waals surface area (Å²) in [7, 11) is 0. The predicted molar refractivity (Wildman–Crippen MR) is 103 cm³/mol. The minimum atomic E-state index is -0.424. The Balaban J connectivity index is 1.91. The smallest absolute Gasteiger partial charge is 0.246 e. The minimum Gasteiger partial charge on any atom is -0.374 e. The first kappa shape index (κ1) is 18.8. The molecule has 0 aromatic heterocycles. The third-order valence-electron chi connectivity index (χ3n) is 3.57. The highest BCUT2D eigenvalue weighted by Gasteiger charge is 2.13. The Morgan fingerprint density at radius 2 is 1.20 bits per heavy atom. The molecule has 0 aliphatic rings. The zero-order valence-electron chi connectivity index (χ0n) is 14.5. The number of hydrogen-bond donors (Lipinski definition) is 3. The van der Waals surface area contributed by atoms with Crippen LogP contribution in [-0.4, -0.2) is 17.9 Å². The van der Waals surface area contributed by atoms with Gasteiger partial charge in [-0.05, 0) is 55.5 Å². The molecule has 6 heteroatoms. The molecule has 0 bridgehead atoms. The number of benzene rings is 2. The van der Waals surface area contributed by atoms with E-state index in [0.29, 0.717) is 10.7 Å². The molecule has 2 aromatic rings. The number of rotatable bonds is 6. The molecule has 0 aliphatic carbocycles. The molecule has 132 valence electrons. The number of anilines is 3. The molecule has 0 saturated carbocycles. The van der Waals surface area contributed by atoms with E-state index >= 15 is 0 Å². The molecule has 1 unspecified atom stereocenters. The van der Waals surface area contributed by atoms with E-state index in [1.807, 2.05) is 26.0 Å². The van der Waals surface area contributed by atoms with Crippen molar-refractivity contribution in [3.63, 3.8) is 0 Å². The van der Waals surface area contributed by atoms with E-state index in [1.165, 1.54) is 0 Å². The van der Waals surface area contributed by atoms with Gasteiger partial charge in [0.2, 0.25) is 11.8 Å². The summed E-state index contributed by atoms with van der Waals surface area (Å²) in [6, 6.07) is 13.8. The monoisotopic (exact) mass is 359 g/mol. The highest BCUT2D eigenvalue weighted by molar-refractivity contribution is 6.30. The quantitative estimate of drug-likeness (QED) is 0.717. The van der Waals surface area contributed by atoms with Crippen molar-refractivity contribution in [2.75, 3.05) is 16.0 Å². The summed E-state index contributed by atoms with van der Waals surface area (Å²) in [6.07, 6.45) is 0. The van der Waals surface area contributed by atoms with Crippen LogP contribution in [0.25, 0.3) is 0 Å². The van der Waals surface area contributed by atoms with Gasteiger partial charge in [-0.25, -0.2) is 0 Å². The fraction of sp³-hybridized carbons (Fsp3) is 0.263. The van der Waals surface area contributed by atoms with Crippen LogP contribution in [0.1, 0.15) is 20.8 Å². The summed E-state index contributed by atoms with van der Waals surface area (Å²) < 4.78 is 0. The molecule has 0 aliphatic heterocycles. The van der Waals surface area contributed by atoms with Crippen molar-refractivity contribution in [2.24, 2.45) is 5.92 Å². The molecule has 0 heterocycles. The summed E-state index contributed by atoms with van der Waals surface area (Å²) in [5.74, 6) is -0.259. The van der Waals surface area contributed by atoms with Gasteiger partial charge in [-0.1, -0.05) is 25.4 Å². The van der Waals surface area contributed by atoms with Crippen LogP contribution >= 0.6 is 11.6 Å². The van der Waals surface area contributed by atoms with Gasteiger partial charge in [0, 0.05) is 28.0 Å². The van der Waals surface area contributed by atoms with Gasteiger partial charge in [0.25, 0.3) is 0 Å². The van der Waals surface area contributed by atoms with Crippen LogP contribution in [0.15, 0.2) is 48.5 Å². The van der Waals surface area contributed by atoms with Crippen LogP contribution in [0.2, 0.25) is 5.02 Å². The van der Waals surface area contributed by atoms with Gasteiger partial charge in [0.05, 0.1) is 0 Å². The van der Waals surface area contributed by atoms with Crippen molar-refractivity contribution in [3.8, 4) is 0 Å². The Morgan fingerprint density at radius 3 is 1.72 bits per heavy atom. The molecule has 0 spiro atoms. The molecule has 2 rings (SSSR count). The molecule has 3 N–H and O–H groups in total. The van der Waals surface area contributed by atoms with E-state index in [4.69, 9.17) is 11.6 Å². The van der Waals surface area contributed by atoms with Gasteiger partial charge in [-0.3, -0.25) is 9.59 Å². The summed E-state index contributed by atoms with van der Waals surface area (Å²) in [5, 5.41) is 9.39. The van der Waals surface area contributed by atoms with Crippen molar-refractivity contribution >= 4 is 40.5 Å². The Bertz CT molecular complexity index is 727. The van der Waals surface area contributed by atoms with Crippen molar-refractivity contribution in [2.45, 2.75) is 26.8 Å². The Labute approximate surface area is 152 Å². The first-order valence-electron chi connectivity index (χ1n) is 8.09. The first-order chi connectivity index (χ1) is 11.8. The SMILES string of the molecule is CC(C)C(=O)Nc1ccc(NC(C)C(=O)Nc2ccc(Cl)cc2)cc1. The molecular weight excluding hydrogens is 338 g/mol. The van der Waals surface area contributed by atoms with E-state index in [1.54, 1.807) is 43.3 Å². The summed E-state index contributed by atoms with van der Waals surface area (Å²) in [6.45, 7) is 5.46. The Hall–Kier alpha value is -2.53. The van der Waals surface area contributed by atoms with Gasteiger partial charge in [-0.15, -0.1) is 0 Å². The lowest BCUT2D eigenvalue weighted by atomic mass is 10.2. The topological polar surface area (TPSA) is 70.2 Å². The maximum atomic E-state index is 12.2. The van der Waals surface area contributed by atoms with Crippen LogP contribution in [0.4, 0.5) is 17.1 Å². The summed E-state index contributed by atoms with van der Waals surface area (Å²) >= 11 is 5.83. The fourth-order valence-corrected chi connectivity index (χ4v) is 2.16. The van der Waals surface area contributed by atoms with Crippen LogP contribution in [-0.2, 0) is 9.59 Å². The average Bonchev–Trinajstić information content (AvgIpc) is 2.58. The standard InChI is InChI=1S/C19H22ClN3O2/c1-12(2)18(24)22-17-10-8-15(9-11-17)21-13(3)19(25)23-16-6-4-14(20)5-7-16/h4-13,21H,1-3H3,(H,22,24)(H,23,25). The van der Waals surface area contributed by atoms with E-state index in [0.717, 1.165) is 11.4 Å².